The molecule has 0 saturated carbocycles. The van der Waals surface area contributed by atoms with Crippen LogP contribution in [0.2, 0.25) is 0 Å². The van der Waals surface area contributed by atoms with Crippen molar-refractivity contribution in [2.24, 2.45) is 10.7 Å². The van der Waals surface area contributed by atoms with Crippen molar-refractivity contribution >= 4 is 11.8 Å². The van der Waals surface area contributed by atoms with Crippen molar-refractivity contribution in [2.75, 3.05) is 6.73 Å². The van der Waals surface area contributed by atoms with E-state index >= 15 is 0 Å². The van der Waals surface area contributed by atoms with Gasteiger partial charge in [-0.2, -0.15) is 4.99 Å². The number of carbonyl (C=O) groups is 1. The van der Waals surface area contributed by atoms with Crippen LogP contribution in [0.4, 0.5) is 0 Å². The first-order chi connectivity index (χ1) is 6.33. The number of carbonyl (C=O) groups excluding carboxylic acids is 1. The average molecular weight is 176 g/mol. The summed E-state index contributed by atoms with van der Waals surface area (Å²) in [4.78, 5) is 15.0. The summed E-state index contributed by atoms with van der Waals surface area (Å²) < 4.78 is 5.01. The van der Waals surface area contributed by atoms with Gasteiger partial charge in [-0.1, -0.05) is 12.1 Å². The molecule has 0 saturated heterocycles. The van der Waals surface area contributed by atoms with Gasteiger partial charge in [-0.15, -0.1) is 0 Å². The predicted molar refractivity (Wildman–Crippen MR) is 47.4 cm³/mol. The molecule has 1 amide bonds. The fourth-order valence-electron chi connectivity index (χ4n) is 1.26. The number of amides is 1. The van der Waals surface area contributed by atoms with Crippen LogP contribution in [-0.2, 0) is 4.74 Å². The Morgan fingerprint density at radius 1 is 1.31 bits per heavy atom. The molecule has 1 aliphatic heterocycles. The minimum absolute atomic E-state index is 0.0282. The predicted octanol–water partition coefficient (Wildman–Crippen LogP) is 0.520. The first-order valence-electron chi connectivity index (χ1n) is 3.88. The molecule has 4 heteroatoms. The monoisotopic (exact) mass is 176 g/mol. The molecule has 2 N–H and O–H groups in total. The van der Waals surface area contributed by atoms with E-state index in [9.17, 15) is 4.79 Å². The number of aliphatic imine (C=N–C) groups is 1. The number of nitrogens with zero attached hydrogens (tertiary/aromatic N) is 1. The van der Waals surface area contributed by atoms with Crippen molar-refractivity contribution in [3.05, 3.63) is 35.4 Å². The van der Waals surface area contributed by atoms with E-state index < -0.39 is 0 Å². The van der Waals surface area contributed by atoms with Gasteiger partial charge in [-0.25, -0.2) is 0 Å². The normalized spacial score (nSPS) is 13.9. The van der Waals surface area contributed by atoms with Gasteiger partial charge in [-0.05, 0) is 12.1 Å². The lowest BCUT2D eigenvalue weighted by Crippen LogP contribution is -2.11. The zero-order chi connectivity index (χ0) is 9.26. The van der Waals surface area contributed by atoms with Gasteiger partial charge in [0.05, 0.1) is 5.56 Å². The third-order valence-electron chi connectivity index (χ3n) is 1.81. The molecule has 4 nitrogen and oxygen atoms in total. The second kappa shape index (κ2) is 2.99. The topological polar surface area (TPSA) is 64.7 Å². The van der Waals surface area contributed by atoms with Crippen molar-refractivity contribution < 1.29 is 9.53 Å². The number of nitrogens with two attached hydrogens (primary N) is 1. The summed E-state index contributed by atoms with van der Waals surface area (Å²) in [6.45, 7) is 0.0282. The second-order valence-electron chi connectivity index (χ2n) is 2.58. The van der Waals surface area contributed by atoms with E-state index in [-0.39, 0.29) is 12.6 Å². The molecular formula is C9H8N2O2. The molecule has 0 atom stereocenters. The van der Waals surface area contributed by atoms with Crippen LogP contribution in [0.15, 0.2) is 29.3 Å². The summed E-state index contributed by atoms with van der Waals surface area (Å²) in [5, 5.41) is 0. The molecule has 1 aliphatic rings. The van der Waals surface area contributed by atoms with Crippen molar-refractivity contribution in [2.45, 2.75) is 0 Å². The standard InChI is InChI=1S/C9H8N2O2/c10-5-13-9-7-4-2-1-3-6(7)8(12)11-9/h1-4H,5,10H2. The Morgan fingerprint density at radius 2 is 2.00 bits per heavy atom. The van der Waals surface area contributed by atoms with Crippen LogP contribution < -0.4 is 5.73 Å². The Labute approximate surface area is 75.0 Å². The van der Waals surface area contributed by atoms with E-state index in [4.69, 9.17) is 10.5 Å². The van der Waals surface area contributed by atoms with E-state index in [1.807, 2.05) is 6.07 Å². The van der Waals surface area contributed by atoms with Gasteiger partial charge in [0.25, 0.3) is 5.91 Å². The maximum Gasteiger partial charge on any atom is 0.281 e. The maximum absolute atomic E-state index is 11.2. The smallest absolute Gasteiger partial charge is 0.281 e. The van der Waals surface area contributed by atoms with Gasteiger partial charge < -0.3 is 4.74 Å². The number of hydrogen-bond donors (Lipinski definition) is 1. The Hall–Kier alpha value is -1.68. The van der Waals surface area contributed by atoms with E-state index in [1.54, 1.807) is 18.2 Å². The Kier molecular flexibility index (Phi) is 1.83. The van der Waals surface area contributed by atoms with Crippen LogP contribution in [0.3, 0.4) is 0 Å². The lowest BCUT2D eigenvalue weighted by atomic mass is 10.1. The third kappa shape index (κ3) is 1.21. The van der Waals surface area contributed by atoms with Gasteiger partial charge in [0, 0.05) is 5.56 Å². The van der Waals surface area contributed by atoms with Crippen LogP contribution in [0.1, 0.15) is 15.9 Å². The van der Waals surface area contributed by atoms with Gasteiger partial charge in [0.1, 0.15) is 6.73 Å². The molecule has 1 heterocycles. The highest BCUT2D eigenvalue weighted by Crippen LogP contribution is 2.18. The SMILES string of the molecule is NCOC1=NC(=O)c2ccccc21. The molecule has 1 aromatic rings. The zero-order valence-electron chi connectivity index (χ0n) is 6.86. The number of ether oxygens (including phenoxy) is 1. The van der Waals surface area contributed by atoms with Crippen LogP contribution in [-0.4, -0.2) is 18.5 Å². The molecule has 0 spiro atoms. The van der Waals surface area contributed by atoms with Crippen LogP contribution in [0, 0.1) is 0 Å². The summed E-state index contributed by atoms with van der Waals surface area (Å²) in [6, 6.07) is 7.12. The Balaban J connectivity index is 2.45. The Bertz CT molecular complexity index is 385. The lowest BCUT2D eigenvalue weighted by Gasteiger charge is -2.01. The third-order valence-corrected chi connectivity index (χ3v) is 1.81. The zero-order valence-corrected chi connectivity index (χ0v) is 6.86. The number of hydrogen-bond acceptors (Lipinski definition) is 3. The van der Waals surface area contributed by atoms with E-state index in [2.05, 4.69) is 4.99 Å². The van der Waals surface area contributed by atoms with Gasteiger partial charge in [0.2, 0.25) is 5.90 Å². The molecule has 1 aromatic carbocycles. The minimum Gasteiger partial charge on any atom is -0.461 e. The fraction of sp³-hybridized carbons (Fsp3) is 0.111. The molecule has 0 fully saturated rings. The van der Waals surface area contributed by atoms with Crippen molar-refractivity contribution in [1.82, 2.24) is 0 Å². The summed E-state index contributed by atoms with van der Waals surface area (Å²) in [5.74, 6) is 0.0575. The van der Waals surface area contributed by atoms with E-state index in [0.717, 1.165) is 5.56 Å². The minimum atomic E-state index is -0.265. The average Bonchev–Trinajstić information content (AvgIpc) is 2.46. The molecule has 13 heavy (non-hydrogen) atoms. The van der Waals surface area contributed by atoms with Crippen LogP contribution >= 0.6 is 0 Å². The molecule has 66 valence electrons. The molecule has 0 aliphatic carbocycles. The fourth-order valence-corrected chi connectivity index (χ4v) is 1.26. The molecule has 0 radical (unpaired) electrons. The molecule has 0 aromatic heterocycles. The van der Waals surface area contributed by atoms with Gasteiger partial charge in [0.15, 0.2) is 0 Å². The molecular weight excluding hydrogens is 168 g/mol. The number of fused-ring (bicyclic) bond motifs is 1. The summed E-state index contributed by atoms with van der Waals surface area (Å²) in [7, 11) is 0. The summed E-state index contributed by atoms with van der Waals surface area (Å²) in [6.07, 6.45) is 0. The first kappa shape index (κ1) is 7.94. The van der Waals surface area contributed by atoms with Crippen molar-refractivity contribution in [1.29, 1.82) is 0 Å². The van der Waals surface area contributed by atoms with Crippen LogP contribution in [0.5, 0.6) is 0 Å². The quantitative estimate of drug-likeness (QED) is 0.634. The summed E-state index contributed by atoms with van der Waals surface area (Å²) >= 11 is 0. The molecule has 0 unspecified atom stereocenters. The second-order valence-corrected chi connectivity index (χ2v) is 2.58. The number of rotatable bonds is 1. The lowest BCUT2D eigenvalue weighted by molar-refractivity contribution is 0.100. The number of benzene rings is 1. The van der Waals surface area contributed by atoms with E-state index in [0.29, 0.717) is 11.5 Å². The molecule has 2 rings (SSSR count). The Morgan fingerprint density at radius 3 is 2.69 bits per heavy atom. The largest absolute Gasteiger partial charge is 0.461 e. The molecule has 0 bridgehead atoms. The highest BCUT2D eigenvalue weighted by atomic mass is 16.5. The van der Waals surface area contributed by atoms with E-state index in [1.165, 1.54) is 0 Å². The van der Waals surface area contributed by atoms with Gasteiger partial charge in [-0.3, -0.25) is 10.5 Å². The van der Waals surface area contributed by atoms with Crippen molar-refractivity contribution in [3.8, 4) is 0 Å². The summed E-state index contributed by atoms with van der Waals surface area (Å²) in [5.41, 5.74) is 6.49. The highest BCUT2D eigenvalue weighted by Gasteiger charge is 2.23. The van der Waals surface area contributed by atoms with Gasteiger partial charge >= 0.3 is 0 Å². The van der Waals surface area contributed by atoms with Crippen LogP contribution in [0.25, 0.3) is 0 Å². The van der Waals surface area contributed by atoms with Crippen molar-refractivity contribution in [3.63, 3.8) is 0 Å². The first-order valence-corrected chi connectivity index (χ1v) is 3.88. The highest BCUT2D eigenvalue weighted by molar-refractivity contribution is 6.18. The maximum atomic E-state index is 11.2.